The smallest absolute Gasteiger partial charge is 0.319 e. The van der Waals surface area contributed by atoms with E-state index in [1.165, 1.54) is 12.8 Å². The Kier molecular flexibility index (Phi) is 4.65. The molecule has 0 radical (unpaired) electrons. The first kappa shape index (κ1) is 14.9. The largest absolute Gasteiger partial charge is 0.333 e. The maximum absolute atomic E-state index is 12.1. The van der Waals surface area contributed by atoms with Crippen LogP contribution in [0.2, 0.25) is 0 Å². The Bertz CT molecular complexity index is 467. The number of carbonyl (C=O) groups excluding carboxylic acids is 1. The molecule has 20 heavy (non-hydrogen) atoms. The van der Waals surface area contributed by atoms with E-state index in [1.54, 1.807) is 0 Å². The Morgan fingerprint density at radius 2 is 2.00 bits per heavy atom. The summed E-state index contributed by atoms with van der Waals surface area (Å²) in [6, 6.07) is 8.12. The lowest BCUT2D eigenvalue weighted by molar-refractivity contribution is 0.239. The fourth-order valence-electron chi connectivity index (χ4n) is 2.77. The molecule has 1 atom stereocenters. The van der Waals surface area contributed by atoms with Crippen molar-refractivity contribution >= 4 is 11.7 Å². The van der Waals surface area contributed by atoms with Gasteiger partial charge in [-0.25, -0.2) is 4.79 Å². The van der Waals surface area contributed by atoms with Crippen LogP contribution in [0.3, 0.4) is 0 Å². The van der Waals surface area contributed by atoms with Gasteiger partial charge in [0.1, 0.15) is 0 Å². The molecule has 0 saturated heterocycles. The Hall–Kier alpha value is -1.55. The minimum absolute atomic E-state index is 0.0417. The van der Waals surface area contributed by atoms with Crippen LogP contribution in [0.25, 0.3) is 0 Å². The van der Waals surface area contributed by atoms with Gasteiger partial charge in [0.05, 0.1) is 0 Å². The maximum atomic E-state index is 12.1. The minimum Gasteiger partial charge on any atom is -0.333 e. The molecule has 2 amide bonds. The van der Waals surface area contributed by atoms with E-state index >= 15 is 0 Å². The van der Waals surface area contributed by atoms with Crippen molar-refractivity contribution in [2.45, 2.75) is 51.1 Å². The van der Waals surface area contributed by atoms with E-state index in [4.69, 9.17) is 0 Å². The summed E-state index contributed by atoms with van der Waals surface area (Å²) in [4.78, 5) is 12.1. The second kappa shape index (κ2) is 6.27. The van der Waals surface area contributed by atoms with Crippen molar-refractivity contribution in [3.63, 3.8) is 0 Å². The van der Waals surface area contributed by atoms with E-state index in [0.29, 0.717) is 0 Å². The molecule has 1 aromatic carbocycles. The number of hydrogen-bond acceptors (Lipinski definition) is 2. The summed E-state index contributed by atoms with van der Waals surface area (Å²) in [7, 11) is 1.93. The van der Waals surface area contributed by atoms with Gasteiger partial charge in [-0.3, -0.25) is 0 Å². The molecule has 4 heteroatoms. The third-order valence-electron chi connectivity index (χ3n) is 4.20. The van der Waals surface area contributed by atoms with Gasteiger partial charge in [0.25, 0.3) is 0 Å². The highest BCUT2D eigenvalue weighted by Crippen LogP contribution is 2.29. The van der Waals surface area contributed by atoms with Crippen LogP contribution in [0.5, 0.6) is 0 Å². The molecule has 0 aliphatic heterocycles. The Morgan fingerprint density at radius 3 is 2.65 bits per heavy atom. The number of urea groups is 1. The molecule has 0 heterocycles. The standard InChI is InChI=1S/C16H25N3O/c1-12(17-3)13-7-6-8-14(11-13)18-15(20)19-16(2)9-4-5-10-16/h6-8,11-12,17H,4-5,9-10H2,1-3H3,(H2,18,19,20). The molecule has 2 rings (SSSR count). The van der Waals surface area contributed by atoms with Crippen molar-refractivity contribution < 1.29 is 4.79 Å². The number of hydrogen-bond donors (Lipinski definition) is 3. The fourth-order valence-corrected chi connectivity index (χ4v) is 2.77. The van der Waals surface area contributed by atoms with Gasteiger partial charge < -0.3 is 16.0 Å². The Morgan fingerprint density at radius 1 is 1.30 bits per heavy atom. The second-order valence-electron chi connectivity index (χ2n) is 5.98. The quantitative estimate of drug-likeness (QED) is 0.788. The zero-order valence-corrected chi connectivity index (χ0v) is 12.6. The number of nitrogens with one attached hydrogen (secondary N) is 3. The first-order chi connectivity index (χ1) is 9.52. The molecular weight excluding hydrogens is 250 g/mol. The number of anilines is 1. The Labute approximate surface area is 121 Å². The van der Waals surface area contributed by atoms with E-state index in [0.717, 1.165) is 24.1 Å². The fraction of sp³-hybridized carbons (Fsp3) is 0.562. The van der Waals surface area contributed by atoms with Crippen LogP contribution in [0.4, 0.5) is 10.5 Å². The summed E-state index contributed by atoms with van der Waals surface area (Å²) in [5.74, 6) is 0. The summed E-state index contributed by atoms with van der Waals surface area (Å²) >= 11 is 0. The summed E-state index contributed by atoms with van der Waals surface area (Å²) in [6.45, 7) is 4.22. The summed E-state index contributed by atoms with van der Waals surface area (Å²) in [5, 5.41) is 9.23. The van der Waals surface area contributed by atoms with Gasteiger partial charge in [-0.05, 0) is 51.4 Å². The van der Waals surface area contributed by atoms with Crippen molar-refractivity contribution in [2.75, 3.05) is 12.4 Å². The van der Waals surface area contributed by atoms with Crippen molar-refractivity contribution in [1.82, 2.24) is 10.6 Å². The van der Waals surface area contributed by atoms with Gasteiger partial charge >= 0.3 is 6.03 Å². The van der Waals surface area contributed by atoms with Crippen LogP contribution < -0.4 is 16.0 Å². The van der Waals surface area contributed by atoms with Crippen LogP contribution >= 0.6 is 0 Å². The molecular formula is C16H25N3O. The normalized spacial score (nSPS) is 18.6. The average Bonchev–Trinajstić information content (AvgIpc) is 2.84. The van der Waals surface area contributed by atoms with Gasteiger partial charge in [0, 0.05) is 17.3 Å². The highest BCUT2D eigenvalue weighted by atomic mass is 16.2. The first-order valence-corrected chi connectivity index (χ1v) is 7.39. The SMILES string of the molecule is CNC(C)c1cccc(NC(=O)NC2(C)CCCC2)c1. The molecule has 1 aliphatic rings. The summed E-state index contributed by atoms with van der Waals surface area (Å²) in [6.07, 6.45) is 4.53. The molecule has 1 unspecified atom stereocenters. The molecule has 1 fully saturated rings. The molecule has 0 aromatic heterocycles. The van der Waals surface area contributed by atoms with Gasteiger partial charge in [-0.2, -0.15) is 0 Å². The highest BCUT2D eigenvalue weighted by Gasteiger charge is 2.30. The topological polar surface area (TPSA) is 53.2 Å². The maximum Gasteiger partial charge on any atom is 0.319 e. The number of amides is 2. The van der Waals surface area contributed by atoms with E-state index in [2.05, 4.69) is 35.9 Å². The van der Waals surface area contributed by atoms with Crippen LogP contribution in [-0.2, 0) is 0 Å². The predicted molar refractivity (Wildman–Crippen MR) is 82.9 cm³/mol. The summed E-state index contributed by atoms with van der Waals surface area (Å²) in [5.41, 5.74) is 1.96. The van der Waals surface area contributed by atoms with E-state index < -0.39 is 0 Å². The number of carbonyl (C=O) groups is 1. The van der Waals surface area contributed by atoms with Crippen molar-refractivity contribution in [2.24, 2.45) is 0 Å². The molecule has 110 valence electrons. The molecule has 1 aliphatic carbocycles. The molecule has 1 aromatic rings. The highest BCUT2D eigenvalue weighted by molar-refractivity contribution is 5.89. The minimum atomic E-state index is -0.108. The third kappa shape index (κ3) is 3.73. The zero-order valence-electron chi connectivity index (χ0n) is 12.6. The van der Waals surface area contributed by atoms with Crippen LogP contribution in [0, 0.1) is 0 Å². The molecule has 1 saturated carbocycles. The van der Waals surface area contributed by atoms with Gasteiger partial charge in [-0.15, -0.1) is 0 Å². The van der Waals surface area contributed by atoms with Crippen molar-refractivity contribution in [3.05, 3.63) is 29.8 Å². The van der Waals surface area contributed by atoms with E-state index in [9.17, 15) is 4.79 Å². The lowest BCUT2D eigenvalue weighted by Crippen LogP contribution is -2.45. The lowest BCUT2D eigenvalue weighted by Gasteiger charge is -2.25. The van der Waals surface area contributed by atoms with E-state index in [1.807, 2.05) is 25.2 Å². The predicted octanol–water partition coefficient (Wildman–Crippen LogP) is 3.42. The van der Waals surface area contributed by atoms with Gasteiger partial charge in [-0.1, -0.05) is 25.0 Å². The third-order valence-corrected chi connectivity index (χ3v) is 4.20. The second-order valence-corrected chi connectivity index (χ2v) is 5.98. The number of benzene rings is 1. The molecule has 3 N–H and O–H groups in total. The van der Waals surface area contributed by atoms with Crippen LogP contribution in [-0.4, -0.2) is 18.6 Å². The van der Waals surface area contributed by atoms with Crippen molar-refractivity contribution in [1.29, 1.82) is 0 Å². The van der Waals surface area contributed by atoms with Gasteiger partial charge in [0.15, 0.2) is 0 Å². The lowest BCUT2D eigenvalue weighted by atomic mass is 10.0. The molecule has 0 bridgehead atoms. The van der Waals surface area contributed by atoms with E-state index in [-0.39, 0.29) is 17.6 Å². The molecule has 4 nitrogen and oxygen atoms in total. The van der Waals surface area contributed by atoms with Crippen LogP contribution in [0.1, 0.15) is 51.1 Å². The zero-order chi connectivity index (χ0) is 14.6. The number of rotatable bonds is 4. The monoisotopic (exact) mass is 275 g/mol. The molecule has 0 spiro atoms. The Balaban J connectivity index is 1.97. The van der Waals surface area contributed by atoms with Crippen molar-refractivity contribution in [3.8, 4) is 0 Å². The van der Waals surface area contributed by atoms with Gasteiger partial charge in [0.2, 0.25) is 0 Å². The average molecular weight is 275 g/mol. The van der Waals surface area contributed by atoms with Crippen LogP contribution in [0.15, 0.2) is 24.3 Å². The summed E-state index contributed by atoms with van der Waals surface area (Å²) < 4.78 is 0. The first-order valence-electron chi connectivity index (χ1n) is 7.39.